The van der Waals surface area contributed by atoms with Crippen molar-refractivity contribution in [1.82, 2.24) is 0 Å². The van der Waals surface area contributed by atoms with Crippen molar-refractivity contribution in [3.05, 3.63) is 35.4 Å². The van der Waals surface area contributed by atoms with E-state index in [0.29, 0.717) is 0 Å². The van der Waals surface area contributed by atoms with Crippen LogP contribution < -0.4 is 0 Å². The fraction of sp³-hybridized carbons (Fsp3) is 0.462. The number of aryl methyl sites for hydroxylation is 1. The molecule has 0 spiro atoms. The molecule has 0 radical (unpaired) electrons. The van der Waals surface area contributed by atoms with E-state index >= 15 is 0 Å². The van der Waals surface area contributed by atoms with Crippen molar-refractivity contribution in [3.8, 4) is 0 Å². The van der Waals surface area contributed by atoms with Crippen LogP contribution in [-0.4, -0.2) is 11.6 Å². The van der Waals surface area contributed by atoms with Crippen LogP contribution >= 0.6 is 0 Å². The number of rotatable bonds is 4. The van der Waals surface area contributed by atoms with Crippen LogP contribution in [-0.2, 0) is 17.6 Å². The molecule has 0 amide bonds. The Balaban J connectivity index is 2.76. The highest BCUT2D eigenvalue weighted by Crippen LogP contribution is 2.16. The van der Waals surface area contributed by atoms with Crippen molar-refractivity contribution in [2.75, 3.05) is 0 Å². The average molecular weight is 203 g/mol. The molecule has 0 fully saturated rings. The molecule has 80 valence electrons. The second-order valence-corrected chi connectivity index (χ2v) is 4.36. The molecule has 1 aromatic carbocycles. The summed E-state index contributed by atoms with van der Waals surface area (Å²) < 4.78 is 0. The maximum Gasteiger partial charge on any atom is 0.235 e. The summed E-state index contributed by atoms with van der Waals surface area (Å²) >= 11 is 0. The van der Waals surface area contributed by atoms with E-state index in [-0.39, 0.29) is 5.54 Å². The number of benzene rings is 1. The van der Waals surface area contributed by atoms with Gasteiger partial charge < -0.3 is 0 Å². The lowest BCUT2D eigenvalue weighted by Gasteiger charge is -2.17. The van der Waals surface area contributed by atoms with Gasteiger partial charge in [-0.25, -0.2) is 4.79 Å². The van der Waals surface area contributed by atoms with Gasteiger partial charge in [0.2, 0.25) is 6.08 Å². The van der Waals surface area contributed by atoms with Crippen molar-refractivity contribution in [2.45, 2.75) is 39.2 Å². The molecule has 1 rings (SSSR count). The average Bonchev–Trinajstić information content (AvgIpc) is 2.18. The molecule has 2 heteroatoms. The molecule has 0 saturated carbocycles. The van der Waals surface area contributed by atoms with Crippen molar-refractivity contribution in [3.63, 3.8) is 0 Å². The van der Waals surface area contributed by atoms with E-state index in [9.17, 15) is 4.79 Å². The maximum atomic E-state index is 10.2. The molecule has 0 aliphatic heterocycles. The zero-order valence-electron chi connectivity index (χ0n) is 9.58. The first-order chi connectivity index (χ1) is 7.07. The van der Waals surface area contributed by atoms with Crippen LogP contribution in [0.25, 0.3) is 0 Å². The topological polar surface area (TPSA) is 29.4 Å². The smallest absolute Gasteiger partial charge is 0.211 e. The van der Waals surface area contributed by atoms with Gasteiger partial charge in [0, 0.05) is 0 Å². The van der Waals surface area contributed by atoms with Gasteiger partial charge in [0.05, 0.1) is 5.54 Å². The Labute approximate surface area is 91.0 Å². The molecule has 2 nitrogen and oxygen atoms in total. The van der Waals surface area contributed by atoms with Crippen molar-refractivity contribution in [1.29, 1.82) is 0 Å². The predicted molar refractivity (Wildman–Crippen MR) is 61.7 cm³/mol. The van der Waals surface area contributed by atoms with Crippen LogP contribution in [0, 0.1) is 0 Å². The standard InChI is InChI=1S/C13H17NO/c1-4-11-5-7-12(8-6-11)9-13(2,3)14-10-15/h5-8H,4,9H2,1-3H3. The lowest BCUT2D eigenvalue weighted by molar-refractivity contribution is 0.501. The summed E-state index contributed by atoms with van der Waals surface area (Å²) in [7, 11) is 0. The van der Waals surface area contributed by atoms with Crippen molar-refractivity contribution in [2.24, 2.45) is 4.99 Å². The molecular weight excluding hydrogens is 186 g/mol. The molecular formula is C13H17NO. The van der Waals surface area contributed by atoms with Crippen LogP contribution in [0.5, 0.6) is 0 Å². The normalized spacial score (nSPS) is 10.9. The molecule has 1 aromatic rings. The first-order valence-electron chi connectivity index (χ1n) is 5.24. The van der Waals surface area contributed by atoms with Gasteiger partial charge in [0.25, 0.3) is 0 Å². The maximum absolute atomic E-state index is 10.2. The van der Waals surface area contributed by atoms with E-state index in [2.05, 4.69) is 36.2 Å². The number of hydrogen-bond donors (Lipinski definition) is 0. The van der Waals surface area contributed by atoms with Crippen molar-refractivity contribution >= 4 is 6.08 Å². The first kappa shape index (κ1) is 11.7. The fourth-order valence-corrected chi connectivity index (χ4v) is 1.56. The summed E-state index contributed by atoms with van der Waals surface area (Å²) in [5.41, 5.74) is 2.18. The number of carbonyl (C=O) groups excluding carboxylic acids is 1. The third-order valence-electron chi connectivity index (χ3n) is 2.42. The third-order valence-corrected chi connectivity index (χ3v) is 2.42. The SMILES string of the molecule is CCc1ccc(CC(C)(C)N=C=O)cc1. The molecule has 0 aliphatic rings. The van der Waals surface area contributed by atoms with Gasteiger partial charge in [-0.1, -0.05) is 31.2 Å². The van der Waals surface area contributed by atoms with Crippen LogP contribution in [0.15, 0.2) is 29.3 Å². The minimum atomic E-state index is -0.352. The Morgan fingerprint density at radius 3 is 2.20 bits per heavy atom. The highest BCUT2D eigenvalue weighted by Gasteiger charge is 2.16. The fourth-order valence-electron chi connectivity index (χ4n) is 1.56. The van der Waals surface area contributed by atoms with Crippen LogP contribution in [0.1, 0.15) is 31.9 Å². The molecule has 0 aliphatic carbocycles. The molecule has 0 heterocycles. The first-order valence-corrected chi connectivity index (χ1v) is 5.24. The van der Waals surface area contributed by atoms with E-state index in [1.165, 1.54) is 11.1 Å². The zero-order valence-corrected chi connectivity index (χ0v) is 9.58. The largest absolute Gasteiger partial charge is 0.235 e. The van der Waals surface area contributed by atoms with Crippen LogP contribution in [0.3, 0.4) is 0 Å². The Bertz CT molecular complexity index is 359. The second-order valence-electron chi connectivity index (χ2n) is 4.36. The molecule has 0 unspecified atom stereocenters. The zero-order chi connectivity index (χ0) is 11.3. The third kappa shape index (κ3) is 3.69. The van der Waals surface area contributed by atoms with Gasteiger partial charge in [0.1, 0.15) is 0 Å². The van der Waals surface area contributed by atoms with Gasteiger partial charge >= 0.3 is 0 Å². The predicted octanol–water partition coefficient (Wildman–Crippen LogP) is 2.91. The number of isocyanates is 1. The molecule has 0 aromatic heterocycles. The molecule has 0 N–H and O–H groups in total. The highest BCUT2D eigenvalue weighted by atomic mass is 16.1. The lowest BCUT2D eigenvalue weighted by atomic mass is 9.95. The highest BCUT2D eigenvalue weighted by molar-refractivity contribution is 5.35. The number of aliphatic imine (C=N–C) groups is 1. The minimum Gasteiger partial charge on any atom is -0.211 e. The van der Waals surface area contributed by atoms with E-state index in [0.717, 1.165) is 12.8 Å². The van der Waals surface area contributed by atoms with Crippen LogP contribution in [0.4, 0.5) is 0 Å². The Morgan fingerprint density at radius 2 is 1.73 bits per heavy atom. The Kier molecular flexibility index (Phi) is 3.81. The summed E-state index contributed by atoms with van der Waals surface area (Å²) in [6.45, 7) is 6.01. The van der Waals surface area contributed by atoms with Gasteiger partial charge in [-0.05, 0) is 37.8 Å². The lowest BCUT2D eigenvalue weighted by Crippen LogP contribution is -2.19. The van der Waals surface area contributed by atoms with E-state index in [4.69, 9.17) is 0 Å². The van der Waals surface area contributed by atoms with Gasteiger partial charge in [-0.2, -0.15) is 4.99 Å². The summed E-state index contributed by atoms with van der Waals surface area (Å²) in [6, 6.07) is 8.44. The minimum absolute atomic E-state index is 0.352. The molecule has 0 saturated heterocycles. The van der Waals surface area contributed by atoms with Crippen molar-refractivity contribution < 1.29 is 4.79 Å². The van der Waals surface area contributed by atoms with Crippen LogP contribution in [0.2, 0.25) is 0 Å². The van der Waals surface area contributed by atoms with Gasteiger partial charge in [-0.3, -0.25) is 0 Å². The Hall–Kier alpha value is -1.40. The van der Waals surface area contributed by atoms with E-state index in [1.54, 1.807) is 6.08 Å². The van der Waals surface area contributed by atoms with Gasteiger partial charge in [-0.15, -0.1) is 0 Å². The molecule has 15 heavy (non-hydrogen) atoms. The summed E-state index contributed by atoms with van der Waals surface area (Å²) in [5.74, 6) is 0. The monoisotopic (exact) mass is 203 g/mol. The Morgan fingerprint density at radius 1 is 1.20 bits per heavy atom. The van der Waals surface area contributed by atoms with E-state index in [1.807, 2.05) is 13.8 Å². The number of nitrogens with zero attached hydrogens (tertiary/aromatic N) is 1. The summed E-state index contributed by atoms with van der Waals surface area (Å²) in [6.07, 6.45) is 3.45. The molecule has 0 bridgehead atoms. The quantitative estimate of drug-likeness (QED) is 0.546. The van der Waals surface area contributed by atoms with E-state index < -0.39 is 0 Å². The van der Waals surface area contributed by atoms with Gasteiger partial charge in [0.15, 0.2) is 0 Å². The summed E-state index contributed by atoms with van der Waals surface area (Å²) in [5, 5.41) is 0. The summed E-state index contributed by atoms with van der Waals surface area (Å²) in [4.78, 5) is 14.0. The molecule has 0 atom stereocenters. The number of hydrogen-bond acceptors (Lipinski definition) is 2. The second kappa shape index (κ2) is 4.90.